The van der Waals surface area contributed by atoms with Crippen molar-refractivity contribution in [2.45, 2.75) is 0 Å². The van der Waals surface area contributed by atoms with Gasteiger partial charge in [-0.3, -0.25) is 0 Å². The van der Waals surface area contributed by atoms with Crippen LogP contribution in [0.4, 0.5) is 0 Å². The number of hydrogen-bond acceptors (Lipinski definition) is 1. The third-order valence-corrected chi connectivity index (χ3v) is 0. The molecule has 0 saturated heterocycles. The highest BCUT2D eigenvalue weighted by molar-refractivity contribution is 7.30. The molecule has 0 aromatic heterocycles. The lowest BCUT2D eigenvalue weighted by Crippen LogP contribution is -1.38. The zero-order valence-corrected chi connectivity index (χ0v) is 2.64. The molecule has 5 heavy (non-hydrogen) atoms. The smallest absolute Gasteiger partial charge is 0.134 e. The van der Waals surface area contributed by atoms with Crippen LogP contribution >= 0.6 is 8.25 Å². The third kappa shape index (κ3) is 97.2. The second-order valence-electron chi connectivity index (χ2n) is 0.253. The lowest BCUT2D eigenvalue weighted by Gasteiger charge is -1.34. The van der Waals surface area contributed by atoms with E-state index in [2.05, 4.69) is 0 Å². The molecule has 0 aliphatic rings. The predicted octanol–water partition coefficient (Wildman–Crippen LogP) is -1.56. The van der Waals surface area contributed by atoms with Crippen LogP contribution in [0.25, 0.3) is 0 Å². The largest absolute Gasteiger partial charge is 0.692 e. The Morgan fingerprint density at radius 1 is 1.40 bits per heavy atom. The Morgan fingerprint density at radius 3 is 1.40 bits per heavy atom. The highest BCUT2D eigenvalue weighted by Gasteiger charge is 1.93. The fourth-order valence-corrected chi connectivity index (χ4v) is 0. The summed E-state index contributed by atoms with van der Waals surface area (Å²) in [5, 5.41) is 0. The molecule has 0 rings (SSSR count). The SMILES string of the molecule is O=[P+](O)O.[AlH3]. The van der Waals surface area contributed by atoms with Gasteiger partial charge in [0.2, 0.25) is 0 Å². The van der Waals surface area contributed by atoms with Crippen LogP contribution in [0.1, 0.15) is 0 Å². The molecule has 0 fully saturated rings. The van der Waals surface area contributed by atoms with Crippen LogP contribution in [0.2, 0.25) is 0 Å². The van der Waals surface area contributed by atoms with E-state index in [0.29, 0.717) is 0 Å². The van der Waals surface area contributed by atoms with Crippen molar-refractivity contribution in [3.05, 3.63) is 0 Å². The second-order valence-corrected chi connectivity index (χ2v) is 0.758. The minimum absolute atomic E-state index is 0. The van der Waals surface area contributed by atoms with Gasteiger partial charge in [0.1, 0.15) is 0 Å². The minimum atomic E-state index is -2.87. The van der Waals surface area contributed by atoms with Crippen molar-refractivity contribution in [1.82, 2.24) is 0 Å². The summed E-state index contributed by atoms with van der Waals surface area (Å²) in [5.41, 5.74) is 0. The molecule has 3 nitrogen and oxygen atoms in total. The number of rotatable bonds is 0. The summed E-state index contributed by atoms with van der Waals surface area (Å²) in [7, 11) is -2.87. The summed E-state index contributed by atoms with van der Waals surface area (Å²) in [6, 6.07) is 0. The highest BCUT2D eigenvalue weighted by Crippen LogP contribution is 1.98. The Balaban J connectivity index is 0. The summed E-state index contributed by atoms with van der Waals surface area (Å²) >= 11 is 0. The first-order chi connectivity index (χ1) is 1.73. The fraction of sp³-hybridized carbons (Fsp3) is 0. The molecule has 0 spiro atoms. The molecule has 0 bridgehead atoms. The average molecular weight is 111 g/mol. The predicted molar refractivity (Wildman–Crippen MR) is 22.0 cm³/mol. The first-order valence-electron chi connectivity index (χ1n) is 0.583. The highest BCUT2D eigenvalue weighted by atomic mass is 31.1. The molecule has 0 radical (unpaired) electrons. The van der Waals surface area contributed by atoms with Crippen molar-refractivity contribution < 1.29 is 14.4 Å². The first kappa shape index (κ1) is 9.12. The van der Waals surface area contributed by atoms with Gasteiger partial charge >= 0.3 is 8.25 Å². The summed E-state index contributed by atoms with van der Waals surface area (Å²) in [5.74, 6) is 0. The summed E-state index contributed by atoms with van der Waals surface area (Å²) in [6.45, 7) is 0. The molecule has 0 amide bonds. The normalized spacial score (nSPS) is 5.20. The van der Waals surface area contributed by atoms with Crippen molar-refractivity contribution in [2.75, 3.05) is 0 Å². The lowest BCUT2D eigenvalue weighted by molar-refractivity contribution is 0.405. The van der Waals surface area contributed by atoms with E-state index in [-0.39, 0.29) is 17.4 Å². The maximum Gasteiger partial charge on any atom is 0.692 e. The molecule has 5 heteroatoms. The van der Waals surface area contributed by atoms with E-state index in [0.717, 1.165) is 0 Å². The summed E-state index contributed by atoms with van der Waals surface area (Å²) < 4.78 is 8.70. The van der Waals surface area contributed by atoms with Crippen LogP contribution < -0.4 is 0 Å². The number of hydrogen-bond donors (Lipinski definition) is 2. The van der Waals surface area contributed by atoms with Crippen molar-refractivity contribution in [3.63, 3.8) is 0 Å². The van der Waals surface area contributed by atoms with Crippen molar-refractivity contribution >= 4 is 25.6 Å². The van der Waals surface area contributed by atoms with Crippen molar-refractivity contribution in [3.8, 4) is 0 Å². The van der Waals surface area contributed by atoms with E-state index >= 15 is 0 Å². The quantitative estimate of drug-likeness (QED) is 0.293. The molecule has 0 heterocycles. The Morgan fingerprint density at radius 2 is 1.40 bits per heavy atom. The Hall–Kier alpha value is 0.552. The zero-order valence-electron chi connectivity index (χ0n) is 1.75. The van der Waals surface area contributed by atoms with Gasteiger partial charge in [-0.2, -0.15) is 0 Å². The first-order valence-corrected chi connectivity index (χ1v) is 1.75. The maximum absolute atomic E-state index is 8.70. The van der Waals surface area contributed by atoms with E-state index in [9.17, 15) is 0 Å². The molecule has 0 aliphatic carbocycles. The lowest BCUT2D eigenvalue weighted by atomic mass is 15.8. The topological polar surface area (TPSA) is 57.5 Å². The second kappa shape index (κ2) is 4.55. The van der Waals surface area contributed by atoms with Gasteiger partial charge in [-0.1, -0.05) is 0 Å². The van der Waals surface area contributed by atoms with E-state index in [1.807, 2.05) is 0 Å². The molecule has 0 aromatic rings. The Bertz CT molecular complexity index is 29.9. The third-order valence-electron chi connectivity index (χ3n) is 0. The van der Waals surface area contributed by atoms with Crippen molar-refractivity contribution in [2.24, 2.45) is 0 Å². The van der Waals surface area contributed by atoms with Gasteiger partial charge < -0.3 is 0 Å². The van der Waals surface area contributed by atoms with E-state index < -0.39 is 8.25 Å². The van der Waals surface area contributed by atoms with Crippen LogP contribution in [-0.2, 0) is 4.57 Å². The molecule has 30 valence electrons. The molecular weight excluding hydrogens is 106 g/mol. The van der Waals surface area contributed by atoms with E-state index in [1.165, 1.54) is 0 Å². The van der Waals surface area contributed by atoms with Gasteiger partial charge in [0.15, 0.2) is 17.4 Å². The van der Waals surface area contributed by atoms with Crippen LogP contribution in [0.5, 0.6) is 0 Å². The molecular formula is H5AlO3P+. The molecule has 0 saturated carbocycles. The van der Waals surface area contributed by atoms with Gasteiger partial charge in [0, 0.05) is 4.57 Å². The van der Waals surface area contributed by atoms with Gasteiger partial charge in [-0.05, 0) is 0 Å². The summed E-state index contributed by atoms with van der Waals surface area (Å²) in [4.78, 5) is 14.2. The van der Waals surface area contributed by atoms with E-state index in [4.69, 9.17) is 14.4 Å². The van der Waals surface area contributed by atoms with Crippen LogP contribution in [0.15, 0.2) is 0 Å². The van der Waals surface area contributed by atoms with Gasteiger partial charge in [0.25, 0.3) is 0 Å². The molecule has 0 aliphatic heterocycles. The Kier molecular flexibility index (Phi) is 8.30. The fourth-order valence-electron chi connectivity index (χ4n) is 0. The molecule has 0 unspecified atom stereocenters. The van der Waals surface area contributed by atoms with Gasteiger partial charge in [-0.15, -0.1) is 9.79 Å². The molecule has 2 N–H and O–H groups in total. The summed E-state index contributed by atoms with van der Waals surface area (Å²) in [6.07, 6.45) is 0. The maximum atomic E-state index is 8.70. The van der Waals surface area contributed by atoms with Crippen LogP contribution in [-0.4, -0.2) is 27.1 Å². The van der Waals surface area contributed by atoms with Crippen LogP contribution in [0, 0.1) is 0 Å². The molecule has 0 atom stereocenters. The van der Waals surface area contributed by atoms with E-state index in [1.54, 1.807) is 0 Å². The zero-order chi connectivity index (χ0) is 3.58. The van der Waals surface area contributed by atoms with Gasteiger partial charge in [0.05, 0.1) is 0 Å². The Labute approximate surface area is 40.7 Å². The minimum Gasteiger partial charge on any atom is -0.134 e. The average Bonchev–Trinajstić information content (AvgIpc) is 0.811. The van der Waals surface area contributed by atoms with Crippen molar-refractivity contribution in [1.29, 1.82) is 0 Å². The monoisotopic (exact) mass is 111 g/mol. The standard InChI is InChI=1S/Al.HO3P.3H/c;1-4(2)3;;;/h;(H-,1,2,3);;;/p+1. The molecule has 0 aromatic carbocycles. The van der Waals surface area contributed by atoms with Crippen LogP contribution in [0.3, 0.4) is 0 Å². The van der Waals surface area contributed by atoms with Gasteiger partial charge in [-0.25, -0.2) is 0 Å².